The lowest BCUT2D eigenvalue weighted by Gasteiger charge is -2.24. The summed E-state index contributed by atoms with van der Waals surface area (Å²) in [5, 5.41) is 2.94. The smallest absolute Gasteiger partial charge is 0.244 e. The molecule has 2 aromatic carbocycles. The molecule has 0 radical (unpaired) electrons. The van der Waals surface area contributed by atoms with E-state index in [1.54, 1.807) is 6.92 Å². The Hall–Kier alpha value is -2.33. The minimum absolute atomic E-state index is 0.147. The summed E-state index contributed by atoms with van der Waals surface area (Å²) in [7, 11) is 2.05. The molecule has 1 atom stereocenters. The topological polar surface area (TPSA) is 58.4 Å². The lowest BCUT2D eigenvalue weighted by atomic mass is 9.92. The van der Waals surface area contributed by atoms with Gasteiger partial charge in [-0.1, -0.05) is 48.5 Å². The average Bonchev–Trinajstić information content (AvgIpc) is 2.59. The van der Waals surface area contributed by atoms with E-state index in [2.05, 4.69) is 22.3 Å². The molecule has 1 unspecified atom stereocenters. The molecule has 4 nitrogen and oxygen atoms in total. The molecule has 0 heterocycles. The number of nitrogens with two attached hydrogens (primary N) is 1. The maximum atomic E-state index is 12.3. The molecule has 0 saturated carbocycles. The van der Waals surface area contributed by atoms with Crippen molar-refractivity contribution in [3.63, 3.8) is 0 Å². The number of rotatable bonds is 7. The summed E-state index contributed by atoms with van der Waals surface area (Å²) in [5.41, 5.74) is 7.18. The van der Waals surface area contributed by atoms with Crippen LogP contribution < -0.4 is 16.0 Å². The molecule has 1 amide bonds. The number of hydrogen-bond acceptors (Lipinski definition) is 3. The van der Waals surface area contributed by atoms with Crippen molar-refractivity contribution in [1.82, 2.24) is 5.32 Å². The molecule has 0 aliphatic heterocycles. The van der Waals surface area contributed by atoms with Gasteiger partial charge in [0.05, 0.1) is 0 Å². The summed E-state index contributed by atoms with van der Waals surface area (Å²) in [6.45, 7) is 3.22. The highest BCUT2D eigenvalue weighted by molar-refractivity contribution is 5.86. The highest BCUT2D eigenvalue weighted by Crippen LogP contribution is 2.17. The van der Waals surface area contributed by atoms with Crippen molar-refractivity contribution in [1.29, 1.82) is 0 Å². The van der Waals surface area contributed by atoms with Crippen LogP contribution in [0.15, 0.2) is 60.7 Å². The van der Waals surface area contributed by atoms with E-state index in [0.29, 0.717) is 6.54 Å². The Kier molecular flexibility index (Phi) is 5.77. The summed E-state index contributed by atoms with van der Waals surface area (Å²) in [4.78, 5) is 14.5. The van der Waals surface area contributed by atoms with Crippen LogP contribution in [-0.4, -0.2) is 26.0 Å². The summed E-state index contributed by atoms with van der Waals surface area (Å²) >= 11 is 0. The van der Waals surface area contributed by atoms with Gasteiger partial charge in [-0.2, -0.15) is 0 Å². The second kappa shape index (κ2) is 7.79. The van der Waals surface area contributed by atoms with Crippen molar-refractivity contribution in [2.45, 2.75) is 18.9 Å². The summed E-state index contributed by atoms with van der Waals surface area (Å²) in [6.07, 6.45) is 0.863. The zero-order valence-corrected chi connectivity index (χ0v) is 13.8. The minimum atomic E-state index is -1.01. The second-order valence-electron chi connectivity index (χ2n) is 5.93. The lowest BCUT2D eigenvalue weighted by Crippen LogP contribution is -2.49. The normalized spacial score (nSPS) is 13.2. The number of para-hydroxylation sites is 1. The zero-order chi connectivity index (χ0) is 16.7. The van der Waals surface area contributed by atoms with Crippen LogP contribution in [0.2, 0.25) is 0 Å². The number of amides is 1. The Labute approximate surface area is 138 Å². The van der Waals surface area contributed by atoms with Gasteiger partial charge in [0, 0.05) is 25.8 Å². The van der Waals surface area contributed by atoms with E-state index in [9.17, 15) is 4.79 Å². The van der Waals surface area contributed by atoms with Gasteiger partial charge in [0.15, 0.2) is 0 Å². The number of anilines is 1. The molecular formula is C19H25N3O. The van der Waals surface area contributed by atoms with Crippen LogP contribution >= 0.6 is 0 Å². The average molecular weight is 311 g/mol. The molecule has 23 heavy (non-hydrogen) atoms. The molecular weight excluding hydrogens is 286 g/mol. The van der Waals surface area contributed by atoms with Crippen LogP contribution in [0.5, 0.6) is 0 Å². The van der Waals surface area contributed by atoms with Gasteiger partial charge >= 0.3 is 0 Å². The molecule has 0 spiro atoms. The van der Waals surface area contributed by atoms with Crippen LogP contribution in [0.3, 0.4) is 0 Å². The highest BCUT2D eigenvalue weighted by atomic mass is 16.2. The number of nitrogens with zero attached hydrogens (tertiary/aromatic N) is 1. The van der Waals surface area contributed by atoms with Crippen LogP contribution in [0, 0.1) is 0 Å². The maximum absolute atomic E-state index is 12.3. The Balaban J connectivity index is 1.79. The Bertz CT molecular complexity index is 611. The number of benzene rings is 2. The molecule has 0 bridgehead atoms. The second-order valence-corrected chi connectivity index (χ2v) is 5.93. The summed E-state index contributed by atoms with van der Waals surface area (Å²) in [5.74, 6) is -0.147. The number of nitrogens with one attached hydrogen (secondary N) is 1. The monoisotopic (exact) mass is 311 g/mol. The van der Waals surface area contributed by atoms with E-state index in [4.69, 9.17) is 5.73 Å². The van der Waals surface area contributed by atoms with Gasteiger partial charge in [-0.3, -0.25) is 4.79 Å². The van der Waals surface area contributed by atoms with Gasteiger partial charge in [-0.05, 0) is 31.0 Å². The molecule has 3 N–H and O–H groups in total. The third-order valence-electron chi connectivity index (χ3n) is 4.00. The van der Waals surface area contributed by atoms with Gasteiger partial charge in [0.25, 0.3) is 0 Å². The highest BCUT2D eigenvalue weighted by Gasteiger charge is 2.29. The van der Waals surface area contributed by atoms with Crippen LogP contribution in [0.1, 0.15) is 18.9 Å². The molecule has 0 aliphatic carbocycles. The Morgan fingerprint density at radius 3 is 2.26 bits per heavy atom. The zero-order valence-electron chi connectivity index (χ0n) is 13.8. The summed E-state index contributed by atoms with van der Waals surface area (Å²) < 4.78 is 0. The summed E-state index contributed by atoms with van der Waals surface area (Å²) in [6, 6.07) is 19.6. The van der Waals surface area contributed by atoms with E-state index in [1.807, 2.05) is 55.6 Å². The standard InChI is InChI=1S/C19H25N3O/c1-19(20,16-10-5-3-6-11-16)18(23)21-14-9-15-22(2)17-12-7-4-8-13-17/h3-8,10-13H,9,14-15,20H2,1-2H3,(H,21,23). The third-order valence-corrected chi connectivity index (χ3v) is 4.00. The fourth-order valence-electron chi connectivity index (χ4n) is 2.43. The first-order valence-corrected chi connectivity index (χ1v) is 7.90. The van der Waals surface area contributed by atoms with Crippen molar-refractivity contribution < 1.29 is 4.79 Å². The third kappa shape index (κ3) is 4.57. The van der Waals surface area contributed by atoms with Gasteiger partial charge in [-0.15, -0.1) is 0 Å². The van der Waals surface area contributed by atoms with E-state index >= 15 is 0 Å². The molecule has 0 aliphatic rings. The lowest BCUT2D eigenvalue weighted by molar-refractivity contribution is -0.126. The van der Waals surface area contributed by atoms with Gasteiger partial charge < -0.3 is 16.0 Å². The van der Waals surface area contributed by atoms with Crippen molar-refractivity contribution in [3.8, 4) is 0 Å². The van der Waals surface area contributed by atoms with Crippen LogP contribution in [0.25, 0.3) is 0 Å². The fourth-order valence-corrected chi connectivity index (χ4v) is 2.43. The van der Waals surface area contributed by atoms with E-state index in [1.165, 1.54) is 5.69 Å². The fraction of sp³-hybridized carbons (Fsp3) is 0.316. The first-order valence-electron chi connectivity index (χ1n) is 7.90. The van der Waals surface area contributed by atoms with Crippen LogP contribution in [0.4, 0.5) is 5.69 Å². The molecule has 0 saturated heterocycles. The van der Waals surface area contributed by atoms with Gasteiger partial charge in [0.2, 0.25) is 5.91 Å². The number of hydrogen-bond donors (Lipinski definition) is 2. The van der Waals surface area contributed by atoms with E-state index < -0.39 is 5.54 Å². The minimum Gasteiger partial charge on any atom is -0.375 e. The first kappa shape index (κ1) is 17.0. The van der Waals surface area contributed by atoms with Gasteiger partial charge in [0.1, 0.15) is 5.54 Å². The largest absolute Gasteiger partial charge is 0.375 e. The van der Waals surface area contributed by atoms with Crippen LogP contribution in [-0.2, 0) is 10.3 Å². The van der Waals surface area contributed by atoms with Crippen molar-refractivity contribution in [2.24, 2.45) is 5.73 Å². The van der Waals surface area contributed by atoms with Gasteiger partial charge in [-0.25, -0.2) is 0 Å². The number of carbonyl (C=O) groups is 1. The van der Waals surface area contributed by atoms with Crippen molar-refractivity contribution in [2.75, 3.05) is 25.0 Å². The predicted octanol–water partition coefficient (Wildman–Crippen LogP) is 2.50. The number of carbonyl (C=O) groups excluding carboxylic acids is 1. The predicted molar refractivity (Wildman–Crippen MR) is 95.3 cm³/mol. The quantitative estimate of drug-likeness (QED) is 0.773. The molecule has 0 aromatic heterocycles. The molecule has 4 heteroatoms. The Morgan fingerprint density at radius 1 is 1.09 bits per heavy atom. The molecule has 0 fully saturated rings. The van der Waals surface area contributed by atoms with E-state index in [0.717, 1.165) is 18.5 Å². The molecule has 122 valence electrons. The van der Waals surface area contributed by atoms with E-state index in [-0.39, 0.29) is 5.91 Å². The van der Waals surface area contributed by atoms with Crippen molar-refractivity contribution in [3.05, 3.63) is 66.2 Å². The SMILES string of the molecule is CN(CCCNC(=O)C(C)(N)c1ccccc1)c1ccccc1. The van der Waals surface area contributed by atoms with Crippen molar-refractivity contribution >= 4 is 11.6 Å². The Morgan fingerprint density at radius 2 is 1.65 bits per heavy atom. The molecule has 2 aromatic rings. The molecule has 2 rings (SSSR count). The first-order chi connectivity index (χ1) is 11.0. The maximum Gasteiger partial charge on any atom is 0.244 e.